The molecule has 0 amide bonds. The van der Waals surface area contributed by atoms with Gasteiger partial charge >= 0.3 is 0 Å². The molecule has 0 bridgehead atoms. The van der Waals surface area contributed by atoms with Crippen LogP contribution in [0.25, 0.3) is 0 Å². The molecular formula is C11H16BrN3O2S. The summed E-state index contributed by atoms with van der Waals surface area (Å²) in [4.78, 5) is 4.24. The topological polar surface area (TPSA) is 85.1 Å². The van der Waals surface area contributed by atoms with Gasteiger partial charge in [0.25, 0.3) is 0 Å². The fraction of sp³-hybridized carbons (Fsp3) is 0.545. The largest absolute Gasteiger partial charge is 0.366 e. The maximum atomic E-state index is 11.0. The van der Waals surface area contributed by atoms with Crippen molar-refractivity contribution in [1.29, 1.82) is 0 Å². The van der Waals surface area contributed by atoms with Crippen LogP contribution in [-0.2, 0) is 10.0 Å². The predicted molar refractivity (Wildman–Crippen MR) is 74.7 cm³/mol. The van der Waals surface area contributed by atoms with Crippen molar-refractivity contribution < 1.29 is 8.42 Å². The molecule has 1 saturated carbocycles. The molecule has 1 aliphatic rings. The summed E-state index contributed by atoms with van der Waals surface area (Å²) in [6.45, 7) is 0. The van der Waals surface area contributed by atoms with Crippen LogP contribution in [0.3, 0.4) is 0 Å². The number of anilines is 1. The lowest BCUT2D eigenvalue weighted by atomic mass is 10.1. The molecule has 18 heavy (non-hydrogen) atoms. The summed E-state index contributed by atoms with van der Waals surface area (Å²) in [5.74, 6) is 1.04. The summed E-state index contributed by atoms with van der Waals surface area (Å²) < 4.78 is 23.0. The van der Waals surface area contributed by atoms with E-state index in [-0.39, 0.29) is 17.7 Å². The highest BCUT2D eigenvalue weighted by molar-refractivity contribution is 9.10. The Balaban J connectivity index is 1.92. The first kappa shape index (κ1) is 13.8. The summed E-state index contributed by atoms with van der Waals surface area (Å²) in [5.41, 5.74) is 0. The Morgan fingerprint density at radius 2 is 2.28 bits per heavy atom. The second kappa shape index (κ2) is 5.54. The molecular weight excluding hydrogens is 318 g/mol. The molecule has 2 rings (SSSR count). The second-order valence-electron chi connectivity index (χ2n) is 4.68. The molecule has 0 unspecified atom stereocenters. The zero-order chi connectivity index (χ0) is 13.2. The van der Waals surface area contributed by atoms with Crippen LogP contribution in [0.15, 0.2) is 22.8 Å². The zero-order valence-corrected chi connectivity index (χ0v) is 12.2. The van der Waals surface area contributed by atoms with Crippen molar-refractivity contribution in [1.82, 2.24) is 4.98 Å². The summed E-state index contributed by atoms with van der Waals surface area (Å²) in [7, 11) is -3.36. The molecule has 3 N–H and O–H groups in total. The second-order valence-corrected chi connectivity index (χ2v) is 7.20. The molecule has 0 aromatic carbocycles. The van der Waals surface area contributed by atoms with Crippen LogP contribution in [0.4, 0.5) is 5.82 Å². The smallest absolute Gasteiger partial charge is 0.209 e. The number of halogens is 1. The Labute approximate surface area is 115 Å². The average molecular weight is 334 g/mol. The van der Waals surface area contributed by atoms with Gasteiger partial charge in [-0.2, -0.15) is 0 Å². The van der Waals surface area contributed by atoms with Gasteiger partial charge in [0.15, 0.2) is 0 Å². The lowest BCUT2D eigenvalue weighted by molar-refractivity contribution is 0.557. The van der Waals surface area contributed by atoms with E-state index in [1.54, 1.807) is 6.20 Å². The number of nitrogens with one attached hydrogen (secondary N) is 1. The number of sulfonamides is 1. The van der Waals surface area contributed by atoms with Gasteiger partial charge in [0.2, 0.25) is 10.0 Å². The van der Waals surface area contributed by atoms with Crippen molar-refractivity contribution >= 4 is 31.8 Å². The Bertz CT molecular complexity index is 521. The monoisotopic (exact) mass is 333 g/mol. The molecule has 0 aliphatic heterocycles. The van der Waals surface area contributed by atoms with Gasteiger partial charge in [-0.1, -0.05) is 0 Å². The number of nitrogens with two attached hydrogens (primary N) is 1. The van der Waals surface area contributed by atoms with Crippen LogP contribution in [0, 0.1) is 5.92 Å². The molecule has 0 spiro atoms. The SMILES string of the molecule is NS(=O)(=O)C[C@@H]1CC[C@H](Nc2ncccc2Br)C1. The fourth-order valence-electron chi connectivity index (χ4n) is 2.37. The Morgan fingerprint density at radius 3 is 2.94 bits per heavy atom. The first-order valence-corrected chi connectivity index (χ1v) is 8.32. The lowest BCUT2D eigenvalue weighted by Gasteiger charge is -2.14. The number of pyridine rings is 1. The van der Waals surface area contributed by atoms with E-state index in [2.05, 4.69) is 26.2 Å². The first-order valence-electron chi connectivity index (χ1n) is 5.81. The number of aromatic nitrogens is 1. The van der Waals surface area contributed by atoms with Gasteiger partial charge in [-0.25, -0.2) is 18.5 Å². The molecule has 7 heteroatoms. The van der Waals surface area contributed by atoms with Gasteiger partial charge in [-0.05, 0) is 53.2 Å². The zero-order valence-electron chi connectivity index (χ0n) is 9.84. The van der Waals surface area contributed by atoms with E-state index in [0.717, 1.165) is 29.6 Å². The van der Waals surface area contributed by atoms with Crippen LogP contribution in [-0.4, -0.2) is 25.2 Å². The van der Waals surface area contributed by atoms with Crippen molar-refractivity contribution in [2.45, 2.75) is 25.3 Å². The Hall–Kier alpha value is -0.660. The van der Waals surface area contributed by atoms with E-state index in [9.17, 15) is 8.42 Å². The van der Waals surface area contributed by atoms with Crippen LogP contribution in [0.2, 0.25) is 0 Å². The van der Waals surface area contributed by atoms with Crippen LogP contribution in [0.1, 0.15) is 19.3 Å². The minimum atomic E-state index is -3.36. The molecule has 1 aliphatic carbocycles. The molecule has 1 aromatic heterocycles. The third kappa shape index (κ3) is 3.93. The Morgan fingerprint density at radius 1 is 1.50 bits per heavy atom. The number of hydrogen-bond acceptors (Lipinski definition) is 4. The minimum Gasteiger partial charge on any atom is -0.366 e. The van der Waals surface area contributed by atoms with Crippen molar-refractivity contribution in [2.24, 2.45) is 11.1 Å². The number of rotatable bonds is 4. The van der Waals surface area contributed by atoms with Crippen LogP contribution >= 0.6 is 15.9 Å². The van der Waals surface area contributed by atoms with Gasteiger partial charge in [-0.3, -0.25) is 0 Å². The van der Waals surface area contributed by atoms with Gasteiger partial charge in [-0.15, -0.1) is 0 Å². The third-order valence-electron chi connectivity index (χ3n) is 3.11. The molecule has 1 fully saturated rings. The summed E-state index contributed by atoms with van der Waals surface area (Å²) in [5, 5.41) is 8.40. The highest BCUT2D eigenvalue weighted by Crippen LogP contribution is 2.30. The maximum Gasteiger partial charge on any atom is 0.209 e. The summed E-state index contributed by atoms with van der Waals surface area (Å²) in [6, 6.07) is 4.04. The fourth-order valence-corrected chi connectivity index (χ4v) is 3.70. The van der Waals surface area contributed by atoms with Crippen molar-refractivity contribution in [3.63, 3.8) is 0 Å². The van der Waals surface area contributed by atoms with Crippen molar-refractivity contribution in [3.05, 3.63) is 22.8 Å². The minimum absolute atomic E-state index is 0.0779. The highest BCUT2D eigenvalue weighted by atomic mass is 79.9. The van der Waals surface area contributed by atoms with E-state index < -0.39 is 10.0 Å². The summed E-state index contributed by atoms with van der Waals surface area (Å²) in [6.07, 6.45) is 4.38. The van der Waals surface area contributed by atoms with Gasteiger partial charge in [0, 0.05) is 12.2 Å². The molecule has 0 radical (unpaired) electrons. The predicted octanol–water partition coefficient (Wildman–Crippen LogP) is 1.71. The highest BCUT2D eigenvalue weighted by Gasteiger charge is 2.27. The molecule has 2 atom stereocenters. The van der Waals surface area contributed by atoms with Crippen LogP contribution in [0.5, 0.6) is 0 Å². The Kier molecular flexibility index (Phi) is 4.24. The summed E-state index contributed by atoms with van der Waals surface area (Å²) >= 11 is 3.43. The van der Waals surface area contributed by atoms with E-state index in [1.165, 1.54) is 0 Å². The van der Waals surface area contributed by atoms with Gasteiger partial charge in [0.05, 0.1) is 10.2 Å². The van der Waals surface area contributed by atoms with E-state index >= 15 is 0 Å². The maximum absolute atomic E-state index is 11.0. The lowest BCUT2D eigenvalue weighted by Crippen LogP contribution is -2.23. The third-order valence-corrected chi connectivity index (χ3v) is 4.68. The number of hydrogen-bond donors (Lipinski definition) is 2. The van der Waals surface area contributed by atoms with Crippen molar-refractivity contribution in [2.75, 3.05) is 11.1 Å². The van der Waals surface area contributed by atoms with Crippen LogP contribution < -0.4 is 10.5 Å². The van der Waals surface area contributed by atoms with E-state index in [1.807, 2.05) is 12.1 Å². The number of nitrogens with zero attached hydrogens (tertiary/aromatic N) is 1. The molecule has 5 nitrogen and oxygen atoms in total. The molecule has 1 heterocycles. The molecule has 1 aromatic rings. The quantitative estimate of drug-likeness (QED) is 0.878. The number of primary sulfonamides is 1. The molecule has 0 saturated heterocycles. The van der Waals surface area contributed by atoms with E-state index in [0.29, 0.717) is 0 Å². The molecule has 100 valence electrons. The standard InChI is InChI=1S/C11H16BrN3O2S/c12-10-2-1-5-14-11(10)15-9-4-3-8(6-9)7-18(13,16)17/h1-2,5,8-9H,3-4,6-7H2,(H,14,15)(H2,13,16,17)/t8-,9+/m1/s1. The average Bonchev–Trinajstić information content (AvgIpc) is 2.66. The van der Waals surface area contributed by atoms with Gasteiger partial charge in [0.1, 0.15) is 5.82 Å². The van der Waals surface area contributed by atoms with Gasteiger partial charge < -0.3 is 5.32 Å². The van der Waals surface area contributed by atoms with Crippen molar-refractivity contribution in [3.8, 4) is 0 Å². The normalized spacial score (nSPS) is 24.1. The van der Waals surface area contributed by atoms with E-state index in [4.69, 9.17) is 5.14 Å². The first-order chi connectivity index (χ1) is 8.44.